The number of phenolic OH excluding ortho intramolecular Hbond substituents is 2. The molecule has 0 unspecified atom stereocenters. The van der Waals surface area contributed by atoms with Crippen LogP contribution in [0, 0.1) is 27.7 Å². The lowest BCUT2D eigenvalue weighted by atomic mass is 9.84. The SMILES string of the molecule is CC(=O)/C=C\CC(c1cc(C)cc(C)c1O)c1cc(C)cc(C)c1O. The number of aryl methyl sites for hydroxylation is 4. The predicted molar refractivity (Wildman–Crippen MR) is 101 cm³/mol. The highest BCUT2D eigenvalue weighted by Crippen LogP contribution is 2.41. The minimum absolute atomic E-state index is 0.0203. The Morgan fingerprint density at radius 3 is 1.76 bits per heavy atom. The van der Waals surface area contributed by atoms with Gasteiger partial charge < -0.3 is 10.2 Å². The molecule has 132 valence electrons. The maximum absolute atomic E-state index is 11.3. The summed E-state index contributed by atoms with van der Waals surface area (Å²) in [6, 6.07) is 7.77. The van der Waals surface area contributed by atoms with Crippen molar-refractivity contribution >= 4 is 5.78 Å². The number of carbonyl (C=O) groups is 1. The standard InChI is InChI=1S/C22H26O3/c1-13-9-15(3)21(24)19(11-13)18(8-6-7-17(5)23)20-12-14(2)10-16(4)22(20)25/h6-7,9-12,18,24-25H,8H2,1-5H3/b7-6-. The van der Waals surface area contributed by atoms with Crippen molar-refractivity contribution < 1.29 is 15.0 Å². The number of hydrogen-bond acceptors (Lipinski definition) is 3. The van der Waals surface area contributed by atoms with Crippen LogP contribution in [0.2, 0.25) is 0 Å². The van der Waals surface area contributed by atoms with Crippen LogP contribution in [0.15, 0.2) is 36.4 Å². The monoisotopic (exact) mass is 338 g/mol. The van der Waals surface area contributed by atoms with Crippen LogP contribution in [-0.2, 0) is 4.79 Å². The molecule has 2 aromatic rings. The first-order valence-electron chi connectivity index (χ1n) is 8.48. The van der Waals surface area contributed by atoms with E-state index in [2.05, 4.69) is 0 Å². The van der Waals surface area contributed by atoms with Crippen molar-refractivity contribution in [3.63, 3.8) is 0 Å². The van der Waals surface area contributed by atoms with Gasteiger partial charge in [0.1, 0.15) is 11.5 Å². The fourth-order valence-corrected chi connectivity index (χ4v) is 3.31. The third kappa shape index (κ3) is 4.30. The second-order valence-corrected chi connectivity index (χ2v) is 6.84. The first kappa shape index (κ1) is 18.8. The largest absolute Gasteiger partial charge is 0.507 e. The molecule has 0 aromatic heterocycles. The molecule has 0 spiro atoms. The number of rotatable bonds is 5. The molecule has 2 N–H and O–H groups in total. The average molecular weight is 338 g/mol. The number of carbonyl (C=O) groups excluding carboxylic acids is 1. The van der Waals surface area contributed by atoms with Crippen LogP contribution in [-0.4, -0.2) is 16.0 Å². The average Bonchev–Trinajstić information content (AvgIpc) is 2.51. The van der Waals surface area contributed by atoms with Crippen LogP contribution in [0.3, 0.4) is 0 Å². The quantitative estimate of drug-likeness (QED) is 0.754. The van der Waals surface area contributed by atoms with E-state index >= 15 is 0 Å². The fourth-order valence-electron chi connectivity index (χ4n) is 3.31. The third-order valence-corrected chi connectivity index (χ3v) is 4.42. The first-order chi connectivity index (χ1) is 11.7. The van der Waals surface area contributed by atoms with Crippen molar-refractivity contribution in [1.29, 1.82) is 0 Å². The van der Waals surface area contributed by atoms with Gasteiger partial charge in [0, 0.05) is 17.0 Å². The summed E-state index contributed by atoms with van der Waals surface area (Å²) in [6.45, 7) is 9.22. The van der Waals surface area contributed by atoms with E-state index in [9.17, 15) is 15.0 Å². The maximum Gasteiger partial charge on any atom is 0.152 e. The van der Waals surface area contributed by atoms with Crippen LogP contribution in [0.1, 0.15) is 52.6 Å². The molecular formula is C22H26O3. The van der Waals surface area contributed by atoms with Crippen LogP contribution < -0.4 is 0 Å². The summed E-state index contributed by atoms with van der Waals surface area (Å²) >= 11 is 0. The van der Waals surface area contributed by atoms with Gasteiger partial charge in [-0.25, -0.2) is 0 Å². The molecule has 3 heteroatoms. The molecule has 0 saturated heterocycles. The molecule has 0 bridgehead atoms. The van der Waals surface area contributed by atoms with Gasteiger partial charge in [0.05, 0.1) is 0 Å². The number of benzene rings is 2. The molecule has 0 aliphatic rings. The molecule has 25 heavy (non-hydrogen) atoms. The van der Waals surface area contributed by atoms with Crippen LogP contribution in [0.25, 0.3) is 0 Å². The van der Waals surface area contributed by atoms with Crippen LogP contribution >= 0.6 is 0 Å². The molecule has 0 radical (unpaired) electrons. The molecular weight excluding hydrogens is 312 g/mol. The Bertz CT molecular complexity index is 774. The molecule has 2 rings (SSSR count). The number of hydrogen-bond donors (Lipinski definition) is 2. The highest BCUT2D eigenvalue weighted by atomic mass is 16.3. The molecule has 3 nitrogen and oxygen atoms in total. The zero-order valence-electron chi connectivity index (χ0n) is 15.6. The Morgan fingerprint density at radius 2 is 1.36 bits per heavy atom. The van der Waals surface area contributed by atoms with E-state index in [4.69, 9.17) is 0 Å². The van der Waals surface area contributed by atoms with E-state index in [0.717, 1.165) is 33.4 Å². The lowest BCUT2D eigenvalue weighted by molar-refractivity contribution is -0.112. The van der Waals surface area contributed by atoms with Gasteiger partial charge in [-0.3, -0.25) is 4.79 Å². The van der Waals surface area contributed by atoms with Gasteiger partial charge in [0.2, 0.25) is 0 Å². The second-order valence-electron chi connectivity index (χ2n) is 6.84. The summed E-state index contributed by atoms with van der Waals surface area (Å²) in [5.74, 6) is 0.233. The highest BCUT2D eigenvalue weighted by Gasteiger charge is 2.22. The summed E-state index contributed by atoms with van der Waals surface area (Å²) in [5, 5.41) is 21.2. The molecule has 0 heterocycles. The Kier molecular flexibility index (Phi) is 5.68. The molecule has 0 saturated carbocycles. The number of allylic oxidation sites excluding steroid dienone is 2. The smallest absolute Gasteiger partial charge is 0.152 e. The van der Waals surface area contributed by atoms with E-state index in [0.29, 0.717) is 6.42 Å². The molecule has 0 aliphatic heterocycles. The highest BCUT2D eigenvalue weighted by molar-refractivity contribution is 5.87. The van der Waals surface area contributed by atoms with Gasteiger partial charge in [-0.2, -0.15) is 0 Å². The molecule has 0 atom stereocenters. The normalized spacial score (nSPS) is 11.4. The summed E-state index contributed by atoms with van der Waals surface area (Å²) in [7, 11) is 0. The van der Waals surface area contributed by atoms with E-state index in [1.165, 1.54) is 13.0 Å². The van der Waals surface area contributed by atoms with Crippen molar-refractivity contribution in [2.75, 3.05) is 0 Å². The van der Waals surface area contributed by atoms with Gasteiger partial charge in [0.15, 0.2) is 5.78 Å². The Morgan fingerprint density at radius 1 is 0.920 bits per heavy atom. The van der Waals surface area contributed by atoms with E-state index in [1.807, 2.05) is 52.0 Å². The lowest BCUT2D eigenvalue weighted by Gasteiger charge is -2.22. The van der Waals surface area contributed by atoms with Crippen molar-refractivity contribution in [3.8, 4) is 11.5 Å². The van der Waals surface area contributed by atoms with Crippen molar-refractivity contribution in [1.82, 2.24) is 0 Å². The molecule has 0 amide bonds. The molecule has 0 aliphatic carbocycles. The van der Waals surface area contributed by atoms with E-state index in [-0.39, 0.29) is 23.2 Å². The summed E-state index contributed by atoms with van der Waals surface area (Å²) in [5.41, 5.74) is 5.25. The first-order valence-corrected chi connectivity index (χ1v) is 8.48. The number of aromatic hydroxyl groups is 2. The third-order valence-electron chi connectivity index (χ3n) is 4.42. The molecule has 0 fully saturated rings. The predicted octanol–water partition coefficient (Wildman–Crippen LogP) is 5.00. The van der Waals surface area contributed by atoms with Crippen LogP contribution in [0.4, 0.5) is 0 Å². The Balaban J connectivity index is 2.65. The number of phenols is 2. The Hall–Kier alpha value is -2.55. The molecule has 2 aromatic carbocycles. The second kappa shape index (κ2) is 7.56. The minimum Gasteiger partial charge on any atom is -0.507 e. The van der Waals surface area contributed by atoms with Crippen LogP contribution in [0.5, 0.6) is 11.5 Å². The Labute approximate surface area is 149 Å². The van der Waals surface area contributed by atoms with E-state index < -0.39 is 0 Å². The van der Waals surface area contributed by atoms with Gasteiger partial charge in [0.25, 0.3) is 0 Å². The number of ketones is 1. The maximum atomic E-state index is 11.3. The van der Waals surface area contributed by atoms with E-state index in [1.54, 1.807) is 6.08 Å². The van der Waals surface area contributed by atoms with Crippen molar-refractivity contribution in [3.05, 3.63) is 69.8 Å². The summed E-state index contributed by atoms with van der Waals surface area (Å²) in [6.07, 6.45) is 3.86. The van der Waals surface area contributed by atoms with Crippen molar-refractivity contribution in [2.45, 2.75) is 47.0 Å². The van der Waals surface area contributed by atoms with Gasteiger partial charge in [-0.05, 0) is 58.2 Å². The van der Waals surface area contributed by atoms with Crippen molar-refractivity contribution in [2.24, 2.45) is 0 Å². The van der Waals surface area contributed by atoms with Gasteiger partial charge in [-0.15, -0.1) is 0 Å². The van der Waals surface area contributed by atoms with Gasteiger partial charge in [-0.1, -0.05) is 41.5 Å². The minimum atomic E-state index is -0.229. The summed E-state index contributed by atoms with van der Waals surface area (Å²) < 4.78 is 0. The topological polar surface area (TPSA) is 57.5 Å². The zero-order valence-corrected chi connectivity index (χ0v) is 15.6. The zero-order chi connectivity index (χ0) is 18.7. The lowest BCUT2D eigenvalue weighted by Crippen LogP contribution is -2.04. The summed E-state index contributed by atoms with van der Waals surface area (Å²) in [4.78, 5) is 11.3. The van der Waals surface area contributed by atoms with Gasteiger partial charge >= 0.3 is 0 Å². The fraction of sp³-hybridized carbons (Fsp3) is 0.318.